The summed E-state index contributed by atoms with van der Waals surface area (Å²) in [6, 6.07) is 8.48. The van der Waals surface area contributed by atoms with Crippen LogP contribution in [0.15, 0.2) is 38.3 Å². The fraction of sp³-hybridized carbons (Fsp3) is 0.0833. The lowest BCUT2D eigenvalue weighted by Crippen LogP contribution is -2.11. The highest BCUT2D eigenvalue weighted by Crippen LogP contribution is 2.28. The number of aryl methyl sites for hydroxylation is 1. The summed E-state index contributed by atoms with van der Waals surface area (Å²) in [6.07, 6.45) is 0. The Kier molecular flexibility index (Phi) is 3.31. The highest BCUT2D eigenvalue weighted by Gasteiger charge is 2.16. The molecule has 3 rings (SSSR count). The lowest BCUT2D eigenvalue weighted by atomic mass is 10.3. The molecule has 2 heterocycles. The van der Waals surface area contributed by atoms with E-state index in [0.29, 0.717) is 5.69 Å². The molecule has 0 bridgehead atoms. The normalized spacial score (nSPS) is 11.9. The van der Waals surface area contributed by atoms with Gasteiger partial charge in [-0.3, -0.25) is 4.72 Å². The van der Waals surface area contributed by atoms with Crippen LogP contribution in [0.4, 0.5) is 5.69 Å². The minimum Gasteiger partial charge on any atom is -0.342 e. The van der Waals surface area contributed by atoms with E-state index in [1.165, 1.54) is 11.3 Å². The number of anilines is 1. The van der Waals surface area contributed by atoms with Crippen LogP contribution < -0.4 is 4.72 Å². The number of thiophene rings is 1. The molecule has 0 radical (unpaired) electrons. The molecule has 0 amide bonds. The summed E-state index contributed by atoms with van der Waals surface area (Å²) in [4.78, 5) is 7.35. The van der Waals surface area contributed by atoms with Gasteiger partial charge in [0.05, 0.1) is 20.5 Å². The zero-order chi connectivity index (χ0) is 14.3. The first-order valence-corrected chi connectivity index (χ1v) is 8.78. The van der Waals surface area contributed by atoms with Gasteiger partial charge in [-0.15, -0.1) is 11.3 Å². The van der Waals surface area contributed by atoms with Crippen LogP contribution >= 0.6 is 27.3 Å². The van der Waals surface area contributed by atoms with E-state index in [1.54, 1.807) is 30.3 Å². The van der Waals surface area contributed by atoms with Crippen molar-refractivity contribution in [2.45, 2.75) is 11.1 Å². The molecule has 5 nitrogen and oxygen atoms in total. The molecule has 1 aromatic carbocycles. The molecule has 0 aliphatic rings. The number of halogens is 1. The van der Waals surface area contributed by atoms with Crippen LogP contribution in [0.1, 0.15) is 5.82 Å². The van der Waals surface area contributed by atoms with E-state index in [2.05, 4.69) is 30.6 Å². The van der Waals surface area contributed by atoms with Crippen molar-refractivity contribution in [1.29, 1.82) is 0 Å². The molecule has 20 heavy (non-hydrogen) atoms. The van der Waals surface area contributed by atoms with Gasteiger partial charge in [0.25, 0.3) is 10.0 Å². The molecule has 0 unspecified atom stereocenters. The van der Waals surface area contributed by atoms with E-state index in [0.717, 1.165) is 20.6 Å². The molecular weight excluding hydrogens is 362 g/mol. The van der Waals surface area contributed by atoms with Crippen molar-refractivity contribution in [3.8, 4) is 0 Å². The Labute approximate surface area is 128 Å². The Morgan fingerprint density at radius 2 is 2.10 bits per heavy atom. The highest BCUT2D eigenvalue weighted by atomic mass is 79.9. The first kappa shape index (κ1) is 13.6. The summed E-state index contributed by atoms with van der Waals surface area (Å²) in [6.45, 7) is 1.85. The number of H-pyrrole nitrogens is 1. The number of nitrogens with zero attached hydrogens (tertiary/aromatic N) is 1. The minimum atomic E-state index is -3.55. The maximum Gasteiger partial charge on any atom is 0.271 e. The Morgan fingerprint density at radius 1 is 1.30 bits per heavy atom. The summed E-state index contributed by atoms with van der Waals surface area (Å²) < 4.78 is 28.0. The second kappa shape index (κ2) is 4.87. The third-order valence-electron chi connectivity index (χ3n) is 2.67. The van der Waals surface area contributed by atoms with Gasteiger partial charge in [0, 0.05) is 0 Å². The lowest BCUT2D eigenvalue weighted by Gasteiger charge is -2.05. The zero-order valence-electron chi connectivity index (χ0n) is 10.3. The van der Waals surface area contributed by atoms with E-state index in [9.17, 15) is 8.42 Å². The number of sulfonamides is 1. The molecule has 0 saturated carbocycles. The highest BCUT2D eigenvalue weighted by molar-refractivity contribution is 9.11. The van der Waals surface area contributed by atoms with E-state index in [1.807, 2.05) is 6.92 Å². The molecule has 3 aromatic rings. The van der Waals surface area contributed by atoms with Crippen LogP contribution in [0.3, 0.4) is 0 Å². The predicted octanol–water partition coefficient (Wildman–Crippen LogP) is 3.50. The summed E-state index contributed by atoms with van der Waals surface area (Å²) in [5, 5.41) is 0. The average molecular weight is 372 g/mol. The van der Waals surface area contributed by atoms with Gasteiger partial charge < -0.3 is 4.98 Å². The number of nitrogens with one attached hydrogen (secondary N) is 2. The summed E-state index contributed by atoms with van der Waals surface area (Å²) >= 11 is 4.43. The van der Waals surface area contributed by atoms with Crippen molar-refractivity contribution >= 4 is 54.0 Å². The third kappa shape index (κ3) is 2.58. The fourth-order valence-electron chi connectivity index (χ4n) is 1.85. The third-order valence-corrected chi connectivity index (χ3v) is 6.16. The summed E-state index contributed by atoms with van der Waals surface area (Å²) in [5.41, 5.74) is 2.12. The first-order valence-electron chi connectivity index (χ1n) is 5.68. The van der Waals surface area contributed by atoms with Crippen LogP contribution in [0.5, 0.6) is 0 Å². The molecule has 0 fully saturated rings. The topological polar surface area (TPSA) is 74.8 Å². The number of imidazole rings is 1. The Hall–Kier alpha value is -1.38. The molecule has 104 valence electrons. The molecule has 2 N–H and O–H groups in total. The van der Waals surface area contributed by atoms with Gasteiger partial charge in [-0.2, -0.15) is 0 Å². The van der Waals surface area contributed by atoms with Crippen LogP contribution in [-0.4, -0.2) is 18.4 Å². The monoisotopic (exact) mass is 371 g/mol. The molecule has 0 saturated heterocycles. The van der Waals surface area contributed by atoms with Crippen LogP contribution in [0.2, 0.25) is 0 Å². The van der Waals surface area contributed by atoms with Crippen molar-refractivity contribution < 1.29 is 8.42 Å². The zero-order valence-corrected chi connectivity index (χ0v) is 13.6. The minimum absolute atomic E-state index is 0.269. The molecule has 8 heteroatoms. The molecule has 0 aliphatic heterocycles. The van der Waals surface area contributed by atoms with E-state index in [4.69, 9.17) is 0 Å². The van der Waals surface area contributed by atoms with Crippen molar-refractivity contribution in [3.05, 3.63) is 39.9 Å². The maximum absolute atomic E-state index is 12.2. The van der Waals surface area contributed by atoms with Gasteiger partial charge in [-0.05, 0) is 53.2 Å². The van der Waals surface area contributed by atoms with Crippen molar-refractivity contribution in [3.63, 3.8) is 0 Å². The Bertz CT molecular complexity index is 883. The molecule has 0 aliphatic carbocycles. The van der Waals surface area contributed by atoms with Gasteiger partial charge in [0.1, 0.15) is 10.0 Å². The standard InChI is InChI=1S/C12H10BrN3O2S2/c1-7-14-9-3-2-8(6-10(9)15-7)16-20(17,18)12-5-4-11(13)19-12/h2-6,16H,1H3,(H,14,15). The number of hydrogen-bond acceptors (Lipinski definition) is 4. The predicted molar refractivity (Wildman–Crippen MR) is 83.7 cm³/mol. The molecule has 0 atom stereocenters. The molecule has 0 spiro atoms. The van der Waals surface area contributed by atoms with Crippen molar-refractivity contribution in [1.82, 2.24) is 9.97 Å². The lowest BCUT2D eigenvalue weighted by molar-refractivity contribution is 0.603. The van der Waals surface area contributed by atoms with Gasteiger partial charge in [-0.1, -0.05) is 0 Å². The second-order valence-electron chi connectivity index (χ2n) is 4.22. The van der Waals surface area contributed by atoms with Gasteiger partial charge in [-0.25, -0.2) is 13.4 Å². The Balaban J connectivity index is 1.96. The van der Waals surface area contributed by atoms with Crippen LogP contribution in [0.25, 0.3) is 11.0 Å². The van der Waals surface area contributed by atoms with E-state index >= 15 is 0 Å². The van der Waals surface area contributed by atoms with Crippen LogP contribution in [0, 0.1) is 6.92 Å². The molecular formula is C12H10BrN3O2S2. The quantitative estimate of drug-likeness (QED) is 0.739. The summed E-state index contributed by atoms with van der Waals surface area (Å²) in [5.74, 6) is 0.794. The van der Waals surface area contributed by atoms with E-state index < -0.39 is 10.0 Å². The summed E-state index contributed by atoms with van der Waals surface area (Å²) in [7, 11) is -3.55. The van der Waals surface area contributed by atoms with Gasteiger partial charge >= 0.3 is 0 Å². The van der Waals surface area contributed by atoms with Crippen molar-refractivity contribution in [2.24, 2.45) is 0 Å². The SMILES string of the molecule is Cc1nc2ccc(NS(=O)(=O)c3ccc(Br)s3)cc2[nH]1. The smallest absolute Gasteiger partial charge is 0.271 e. The van der Waals surface area contributed by atoms with Gasteiger partial charge in [0.15, 0.2) is 0 Å². The molecule has 2 aromatic heterocycles. The maximum atomic E-state index is 12.2. The number of fused-ring (bicyclic) bond motifs is 1. The number of aromatic nitrogens is 2. The van der Waals surface area contributed by atoms with Crippen molar-refractivity contribution in [2.75, 3.05) is 4.72 Å². The van der Waals surface area contributed by atoms with Gasteiger partial charge in [0.2, 0.25) is 0 Å². The van der Waals surface area contributed by atoms with Crippen LogP contribution in [-0.2, 0) is 10.0 Å². The average Bonchev–Trinajstić information content (AvgIpc) is 2.93. The number of rotatable bonds is 3. The number of benzene rings is 1. The fourth-order valence-corrected chi connectivity index (χ4v) is 4.91. The Morgan fingerprint density at radius 3 is 2.80 bits per heavy atom. The first-order chi connectivity index (χ1) is 9.44. The largest absolute Gasteiger partial charge is 0.342 e. The number of hydrogen-bond donors (Lipinski definition) is 2. The van der Waals surface area contributed by atoms with E-state index in [-0.39, 0.29) is 4.21 Å². The second-order valence-corrected chi connectivity index (χ2v) is 8.59. The number of aromatic amines is 1.